The Morgan fingerprint density at radius 1 is 1.40 bits per heavy atom. The lowest BCUT2D eigenvalue weighted by atomic mass is 10.3. The van der Waals surface area contributed by atoms with E-state index in [4.69, 9.17) is 0 Å². The average molecular weight is 293 g/mol. The van der Waals surface area contributed by atoms with Crippen molar-refractivity contribution in [2.75, 3.05) is 11.1 Å². The number of aryl methyl sites for hydroxylation is 1. The molecular formula is C13H12FN3O2S. The minimum absolute atomic E-state index is 0.137. The van der Waals surface area contributed by atoms with E-state index in [1.54, 1.807) is 6.92 Å². The van der Waals surface area contributed by atoms with Crippen LogP contribution in [0.5, 0.6) is 0 Å². The van der Waals surface area contributed by atoms with Crippen LogP contribution in [0, 0.1) is 12.7 Å². The Kier molecular flexibility index (Phi) is 4.52. The molecular weight excluding hydrogens is 281 g/mol. The summed E-state index contributed by atoms with van der Waals surface area (Å²) < 4.78 is 12.7. The van der Waals surface area contributed by atoms with E-state index in [9.17, 15) is 14.0 Å². The molecule has 20 heavy (non-hydrogen) atoms. The second-order valence-electron chi connectivity index (χ2n) is 4.04. The van der Waals surface area contributed by atoms with Crippen LogP contribution in [0.15, 0.2) is 40.3 Å². The Morgan fingerprint density at radius 2 is 2.10 bits per heavy atom. The van der Waals surface area contributed by atoms with Crippen molar-refractivity contribution < 1.29 is 9.18 Å². The van der Waals surface area contributed by atoms with Gasteiger partial charge in [0, 0.05) is 11.9 Å². The second-order valence-corrected chi connectivity index (χ2v) is 5.03. The quantitative estimate of drug-likeness (QED) is 0.667. The maximum absolute atomic E-state index is 12.7. The number of carbonyl (C=O) groups is 1. The van der Waals surface area contributed by atoms with E-state index >= 15 is 0 Å². The molecule has 0 aliphatic rings. The number of nitrogens with one attached hydrogen (secondary N) is 2. The highest BCUT2D eigenvalue weighted by Crippen LogP contribution is 2.17. The largest absolute Gasteiger partial charge is 0.345 e. The summed E-state index contributed by atoms with van der Waals surface area (Å²) in [6.07, 6.45) is 1.46. The second kappa shape index (κ2) is 6.33. The Morgan fingerprint density at radius 3 is 2.80 bits per heavy atom. The molecule has 0 unspecified atom stereocenters. The molecule has 0 saturated heterocycles. The van der Waals surface area contributed by atoms with Crippen molar-refractivity contribution in [3.63, 3.8) is 0 Å². The molecule has 0 bridgehead atoms. The molecule has 0 spiro atoms. The van der Waals surface area contributed by atoms with E-state index < -0.39 is 5.69 Å². The lowest BCUT2D eigenvalue weighted by Gasteiger charge is -2.06. The number of H-pyrrole nitrogens is 1. The van der Waals surface area contributed by atoms with Gasteiger partial charge in [-0.25, -0.2) is 14.2 Å². The zero-order chi connectivity index (χ0) is 14.5. The Bertz CT molecular complexity index is 670. The predicted molar refractivity (Wildman–Crippen MR) is 75.3 cm³/mol. The highest BCUT2D eigenvalue weighted by atomic mass is 32.2. The van der Waals surface area contributed by atoms with E-state index in [2.05, 4.69) is 15.3 Å². The molecule has 1 aromatic carbocycles. The highest BCUT2D eigenvalue weighted by Gasteiger charge is 2.06. The van der Waals surface area contributed by atoms with Gasteiger partial charge in [-0.15, -0.1) is 0 Å². The van der Waals surface area contributed by atoms with Gasteiger partial charge in [0.25, 0.3) is 0 Å². The van der Waals surface area contributed by atoms with Gasteiger partial charge in [0.1, 0.15) is 5.82 Å². The summed E-state index contributed by atoms with van der Waals surface area (Å²) in [5.74, 6) is -0.459. The molecule has 0 aliphatic carbocycles. The summed E-state index contributed by atoms with van der Waals surface area (Å²) in [5, 5.41) is 3.25. The molecule has 0 radical (unpaired) electrons. The molecule has 1 amide bonds. The molecule has 0 atom stereocenters. The van der Waals surface area contributed by atoms with Gasteiger partial charge >= 0.3 is 5.69 Å². The third-order valence-electron chi connectivity index (χ3n) is 2.43. The normalized spacial score (nSPS) is 10.3. The summed E-state index contributed by atoms with van der Waals surface area (Å²) in [4.78, 5) is 29.0. The first kappa shape index (κ1) is 14.3. The monoisotopic (exact) mass is 293 g/mol. The summed E-state index contributed by atoms with van der Waals surface area (Å²) in [5.41, 5.74) is 0.873. The van der Waals surface area contributed by atoms with Crippen LogP contribution in [0.3, 0.4) is 0 Å². The van der Waals surface area contributed by atoms with Crippen LogP contribution in [0.4, 0.5) is 10.1 Å². The summed E-state index contributed by atoms with van der Waals surface area (Å²) >= 11 is 1.21. The number of hydrogen-bond acceptors (Lipinski definition) is 4. The highest BCUT2D eigenvalue weighted by molar-refractivity contribution is 8.00. The van der Waals surface area contributed by atoms with E-state index in [1.807, 2.05) is 0 Å². The van der Waals surface area contributed by atoms with Crippen molar-refractivity contribution in [2.45, 2.75) is 11.9 Å². The van der Waals surface area contributed by atoms with Gasteiger partial charge < -0.3 is 10.3 Å². The predicted octanol–water partition coefficient (Wildman–Crippen LogP) is 1.95. The first-order chi connectivity index (χ1) is 9.54. The molecule has 0 fully saturated rings. The molecule has 0 aliphatic heterocycles. The molecule has 104 valence electrons. The molecule has 2 N–H and O–H groups in total. The standard InChI is InChI=1S/C13H12FN3O2S/c1-8-6-15-13(19)17-12(8)20-7-11(18)16-10-4-2-9(14)3-5-10/h2-6H,7H2,1H3,(H,16,18)(H,15,17,19). The van der Waals surface area contributed by atoms with Crippen molar-refractivity contribution in [1.29, 1.82) is 0 Å². The fourth-order valence-corrected chi connectivity index (χ4v) is 2.25. The van der Waals surface area contributed by atoms with Crippen LogP contribution >= 0.6 is 11.8 Å². The van der Waals surface area contributed by atoms with Gasteiger partial charge in [0.05, 0.1) is 10.8 Å². The lowest BCUT2D eigenvalue weighted by Crippen LogP contribution is -2.16. The molecule has 7 heteroatoms. The molecule has 1 aromatic heterocycles. The number of rotatable bonds is 4. The first-order valence-electron chi connectivity index (χ1n) is 5.79. The number of nitrogens with zero attached hydrogens (tertiary/aromatic N) is 1. The molecule has 5 nitrogen and oxygen atoms in total. The number of thioether (sulfide) groups is 1. The maximum Gasteiger partial charge on any atom is 0.345 e. The van der Waals surface area contributed by atoms with E-state index in [0.717, 1.165) is 5.56 Å². The van der Waals surface area contributed by atoms with Crippen molar-refractivity contribution in [1.82, 2.24) is 9.97 Å². The fourth-order valence-electron chi connectivity index (χ4n) is 1.46. The third-order valence-corrected chi connectivity index (χ3v) is 3.55. The van der Waals surface area contributed by atoms with Crippen LogP contribution in [0.2, 0.25) is 0 Å². The zero-order valence-corrected chi connectivity index (χ0v) is 11.5. The number of hydrogen-bond donors (Lipinski definition) is 2. The summed E-state index contributed by atoms with van der Waals surface area (Å²) in [6, 6.07) is 5.51. The minimum atomic E-state index is -0.447. The third kappa shape index (κ3) is 3.92. The van der Waals surface area contributed by atoms with Crippen LogP contribution in [0.1, 0.15) is 5.56 Å². The van der Waals surface area contributed by atoms with Gasteiger partial charge in [0.15, 0.2) is 0 Å². The maximum atomic E-state index is 12.7. The van der Waals surface area contributed by atoms with Gasteiger partial charge in [0.2, 0.25) is 5.91 Å². The Labute approximate surface area is 118 Å². The van der Waals surface area contributed by atoms with Crippen LogP contribution < -0.4 is 11.0 Å². The minimum Gasteiger partial charge on any atom is -0.325 e. The summed E-state index contributed by atoms with van der Waals surface area (Å²) in [6.45, 7) is 1.79. The number of aromatic nitrogens is 2. The van der Waals surface area contributed by atoms with E-state index in [-0.39, 0.29) is 17.5 Å². The van der Waals surface area contributed by atoms with Crippen molar-refractivity contribution in [3.05, 3.63) is 52.3 Å². The SMILES string of the molecule is Cc1cnc(=O)[nH]c1SCC(=O)Nc1ccc(F)cc1. The number of aromatic amines is 1. The van der Waals surface area contributed by atoms with Crippen LogP contribution in [0.25, 0.3) is 0 Å². The average Bonchev–Trinajstić information content (AvgIpc) is 2.42. The fraction of sp³-hybridized carbons (Fsp3) is 0.154. The number of amides is 1. The topological polar surface area (TPSA) is 74.8 Å². The number of carbonyl (C=O) groups excluding carboxylic acids is 1. The number of benzene rings is 1. The first-order valence-corrected chi connectivity index (χ1v) is 6.77. The lowest BCUT2D eigenvalue weighted by molar-refractivity contribution is -0.113. The zero-order valence-electron chi connectivity index (χ0n) is 10.6. The van der Waals surface area contributed by atoms with Gasteiger partial charge in [-0.3, -0.25) is 4.79 Å². The Balaban J connectivity index is 1.93. The molecule has 2 aromatic rings. The Hall–Kier alpha value is -2.15. The van der Waals surface area contributed by atoms with Crippen LogP contribution in [-0.4, -0.2) is 21.6 Å². The smallest absolute Gasteiger partial charge is 0.325 e. The van der Waals surface area contributed by atoms with Crippen molar-refractivity contribution >= 4 is 23.4 Å². The molecule has 2 rings (SSSR count). The van der Waals surface area contributed by atoms with Crippen molar-refractivity contribution in [3.8, 4) is 0 Å². The van der Waals surface area contributed by atoms with Crippen molar-refractivity contribution in [2.24, 2.45) is 0 Å². The number of anilines is 1. The van der Waals surface area contributed by atoms with E-state index in [0.29, 0.717) is 10.7 Å². The molecule has 0 saturated carbocycles. The van der Waals surface area contributed by atoms with Crippen LogP contribution in [-0.2, 0) is 4.79 Å². The molecule has 1 heterocycles. The number of halogens is 1. The van der Waals surface area contributed by atoms with Gasteiger partial charge in [-0.1, -0.05) is 11.8 Å². The van der Waals surface area contributed by atoms with Gasteiger partial charge in [-0.05, 0) is 36.8 Å². The van der Waals surface area contributed by atoms with E-state index in [1.165, 1.54) is 42.2 Å². The van der Waals surface area contributed by atoms with Gasteiger partial charge in [-0.2, -0.15) is 0 Å². The summed E-state index contributed by atoms with van der Waals surface area (Å²) in [7, 11) is 0.